The highest BCUT2D eigenvalue weighted by Crippen LogP contribution is 2.07. The predicted octanol–water partition coefficient (Wildman–Crippen LogP) is 0.348. The van der Waals surface area contributed by atoms with Crippen molar-refractivity contribution < 1.29 is 14.3 Å². The fraction of sp³-hybridized carbons (Fsp3) is 0.875. The highest BCUT2D eigenvalue weighted by Gasteiger charge is 2.26. The number of halogens is 1. The van der Waals surface area contributed by atoms with E-state index in [9.17, 15) is 4.79 Å². The first kappa shape index (κ1) is 12.7. The maximum absolute atomic E-state index is 11.0. The first-order valence-corrected chi connectivity index (χ1v) is 4.22. The van der Waals surface area contributed by atoms with Gasteiger partial charge >= 0.3 is 5.97 Å². The van der Waals surface area contributed by atoms with E-state index in [1.54, 1.807) is 0 Å². The number of ether oxygens (including phenoxy) is 2. The molecule has 13 heavy (non-hydrogen) atoms. The molecule has 0 aromatic heterocycles. The molecule has 1 saturated heterocycles. The summed E-state index contributed by atoms with van der Waals surface area (Å²) < 4.78 is 10.0. The summed E-state index contributed by atoms with van der Waals surface area (Å²) in [5, 5.41) is 3.13. The van der Waals surface area contributed by atoms with Gasteiger partial charge in [0.25, 0.3) is 0 Å². The Bertz CT molecular complexity index is 165. The molecule has 0 unspecified atom stereocenters. The monoisotopic (exact) mass is 209 g/mol. The third-order valence-corrected chi connectivity index (χ3v) is 1.98. The summed E-state index contributed by atoms with van der Waals surface area (Å²) in [6.45, 7) is 3.42. The number of rotatable bonds is 2. The average Bonchev–Trinajstić information content (AvgIpc) is 2.17. The van der Waals surface area contributed by atoms with Crippen molar-refractivity contribution in [2.24, 2.45) is 0 Å². The fourth-order valence-corrected chi connectivity index (χ4v) is 1.21. The Labute approximate surface area is 84.4 Å². The van der Waals surface area contributed by atoms with Crippen molar-refractivity contribution in [3.8, 4) is 0 Å². The van der Waals surface area contributed by atoms with Crippen LogP contribution in [0.4, 0.5) is 0 Å². The van der Waals surface area contributed by atoms with E-state index < -0.39 is 6.10 Å². The lowest BCUT2D eigenvalue weighted by Crippen LogP contribution is -2.48. The molecule has 0 amide bonds. The Morgan fingerprint density at radius 2 is 2.31 bits per heavy atom. The highest BCUT2D eigenvalue weighted by molar-refractivity contribution is 5.85. The molecule has 0 aliphatic carbocycles. The minimum Gasteiger partial charge on any atom is -0.467 e. The van der Waals surface area contributed by atoms with Crippen molar-refractivity contribution in [3.05, 3.63) is 0 Å². The van der Waals surface area contributed by atoms with Crippen molar-refractivity contribution in [2.75, 3.05) is 20.2 Å². The molecule has 2 atom stereocenters. The van der Waals surface area contributed by atoms with Gasteiger partial charge in [-0.05, 0) is 6.42 Å². The molecule has 4 nitrogen and oxygen atoms in total. The number of carbonyl (C=O) groups excluding carboxylic acids is 1. The molecule has 0 saturated carbocycles. The largest absolute Gasteiger partial charge is 0.467 e. The number of methoxy groups -OCH3 is 1. The van der Waals surface area contributed by atoms with Crippen LogP contribution >= 0.6 is 12.4 Å². The van der Waals surface area contributed by atoms with Crippen LogP contribution in [0.5, 0.6) is 0 Å². The van der Waals surface area contributed by atoms with Crippen LogP contribution in [0.15, 0.2) is 0 Å². The van der Waals surface area contributed by atoms with Gasteiger partial charge in [-0.3, -0.25) is 0 Å². The number of carbonyl (C=O) groups is 1. The normalized spacial score (nSPS) is 27.5. The zero-order valence-corrected chi connectivity index (χ0v) is 8.73. The first-order valence-electron chi connectivity index (χ1n) is 4.22. The molecule has 1 aliphatic rings. The van der Waals surface area contributed by atoms with Gasteiger partial charge in [0, 0.05) is 13.1 Å². The van der Waals surface area contributed by atoms with Crippen molar-refractivity contribution in [2.45, 2.75) is 25.6 Å². The smallest absolute Gasteiger partial charge is 0.336 e. The molecule has 5 heteroatoms. The Kier molecular flexibility index (Phi) is 6.03. The summed E-state index contributed by atoms with van der Waals surface area (Å²) in [6.07, 6.45) is 0.636. The first-order chi connectivity index (χ1) is 5.77. The van der Waals surface area contributed by atoms with Gasteiger partial charge < -0.3 is 14.8 Å². The van der Waals surface area contributed by atoms with E-state index in [1.807, 2.05) is 6.92 Å². The van der Waals surface area contributed by atoms with Gasteiger partial charge in [0.15, 0.2) is 6.10 Å². The third-order valence-electron chi connectivity index (χ3n) is 1.98. The Hall–Kier alpha value is -0.320. The van der Waals surface area contributed by atoms with Crippen molar-refractivity contribution in [1.29, 1.82) is 0 Å². The molecule has 1 heterocycles. The molecular formula is C8H16ClNO3. The SMILES string of the molecule is CC[C@@H]1CNC[C@H](C(=O)OC)O1.Cl. The summed E-state index contributed by atoms with van der Waals surface area (Å²) in [6, 6.07) is 0. The molecule has 0 aromatic carbocycles. The van der Waals surface area contributed by atoms with Gasteiger partial charge in [-0.25, -0.2) is 4.79 Å². The molecule has 78 valence electrons. The zero-order valence-electron chi connectivity index (χ0n) is 7.91. The lowest BCUT2D eigenvalue weighted by molar-refractivity contribution is -0.160. The molecule has 0 spiro atoms. The van der Waals surface area contributed by atoms with Crippen LogP contribution < -0.4 is 5.32 Å². The van der Waals surface area contributed by atoms with E-state index in [1.165, 1.54) is 7.11 Å². The number of esters is 1. The van der Waals surface area contributed by atoms with Crippen LogP contribution in [-0.2, 0) is 14.3 Å². The molecular weight excluding hydrogens is 194 g/mol. The fourth-order valence-electron chi connectivity index (χ4n) is 1.21. The minimum atomic E-state index is -0.423. The number of morpholine rings is 1. The van der Waals surface area contributed by atoms with Crippen LogP contribution in [0.25, 0.3) is 0 Å². The lowest BCUT2D eigenvalue weighted by Gasteiger charge is -2.28. The standard InChI is InChI=1S/C8H15NO3.ClH/c1-3-6-4-9-5-7(12-6)8(10)11-2;/h6-7,9H,3-5H2,1-2H3;1H/t6-,7-;/m1./s1. The van der Waals surface area contributed by atoms with E-state index in [0.717, 1.165) is 13.0 Å². The number of nitrogens with one attached hydrogen (secondary N) is 1. The van der Waals surface area contributed by atoms with E-state index in [2.05, 4.69) is 10.1 Å². The van der Waals surface area contributed by atoms with E-state index in [4.69, 9.17) is 4.74 Å². The van der Waals surface area contributed by atoms with E-state index in [-0.39, 0.29) is 24.5 Å². The highest BCUT2D eigenvalue weighted by atomic mass is 35.5. The van der Waals surface area contributed by atoms with Crippen LogP contribution in [0.1, 0.15) is 13.3 Å². The van der Waals surface area contributed by atoms with E-state index >= 15 is 0 Å². The Morgan fingerprint density at radius 3 is 2.85 bits per heavy atom. The van der Waals surface area contributed by atoms with Gasteiger partial charge in [0.2, 0.25) is 0 Å². The zero-order chi connectivity index (χ0) is 8.97. The summed E-state index contributed by atoms with van der Waals surface area (Å²) >= 11 is 0. The van der Waals surface area contributed by atoms with Gasteiger partial charge in [0.1, 0.15) is 0 Å². The quantitative estimate of drug-likeness (QED) is 0.667. The molecule has 1 rings (SSSR count). The topological polar surface area (TPSA) is 47.6 Å². The van der Waals surface area contributed by atoms with E-state index in [0.29, 0.717) is 6.54 Å². The van der Waals surface area contributed by atoms with Crippen LogP contribution in [0.2, 0.25) is 0 Å². The van der Waals surface area contributed by atoms with Crippen molar-refractivity contribution in [3.63, 3.8) is 0 Å². The summed E-state index contributed by atoms with van der Waals surface area (Å²) in [5.74, 6) is -0.291. The summed E-state index contributed by atoms with van der Waals surface area (Å²) in [7, 11) is 1.38. The maximum Gasteiger partial charge on any atom is 0.336 e. The predicted molar refractivity (Wildman–Crippen MR) is 51.1 cm³/mol. The lowest BCUT2D eigenvalue weighted by atomic mass is 10.2. The number of hydrogen-bond donors (Lipinski definition) is 1. The number of hydrogen-bond acceptors (Lipinski definition) is 4. The second-order valence-electron chi connectivity index (χ2n) is 2.84. The van der Waals surface area contributed by atoms with Gasteiger partial charge in [-0.1, -0.05) is 6.92 Å². The van der Waals surface area contributed by atoms with Gasteiger partial charge in [0.05, 0.1) is 13.2 Å². The van der Waals surface area contributed by atoms with Crippen molar-refractivity contribution in [1.82, 2.24) is 5.32 Å². The maximum atomic E-state index is 11.0. The molecule has 0 radical (unpaired) electrons. The Morgan fingerprint density at radius 1 is 1.62 bits per heavy atom. The third kappa shape index (κ3) is 3.50. The van der Waals surface area contributed by atoms with Crippen LogP contribution in [0, 0.1) is 0 Å². The second kappa shape index (κ2) is 6.18. The molecule has 0 bridgehead atoms. The minimum absolute atomic E-state index is 0. The summed E-state index contributed by atoms with van der Waals surface area (Å²) in [5.41, 5.74) is 0. The van der Waals surface area contributed by atoms with Crippen LogP contribution in [0.3, 0.4) is 0 Å². The molecule has 1 N–H and O–H groups in total. The van der Waals surface area contributed by atoms with Gasteiger partial charge in [-0.15, -0.1) is 12.4 Å². The van der Waals surface area contributed by atoms with Crippen molar-refractivity contribution >= 4 is 18.4 Å². The molecule has 0 aromatic rings. The average molecular weight is 210 g/mol. The second-order valence-corrected chi connectivity index (χ2v) is 2.84. The van der Waals surface area contributed by atoms with Gasteiger partial charge in [-0.2, -0.15) is 0 Å². The summed E-state index contributed by atoms with van der Waals surface area (Å²) in [4.78, 5) is 11.0. The Balaban J connectivity index is 0.00000144. The molecule has 1 aliphatic heterocycles. The molecule has 1 fully saturated rings. The van der Waals surface area contributed by atoms with Crippen LogP contribution in [-0.4, -0.2) is 38.4 Å².